The molecule has 1 N–H and O–H groups in total. The summed E-state index contributed by atoms with van der Waals surface area (Å²) < 4.78 is 46.3. The number of ether oxygens (including phenoxy) is 1. The van der Waals surface area contributed by atoms with Crippen molar-refractivity contribution in [2.45, 2.75) is 44.6 Å². The van der Waals surface area contributed by atoms with Gasteiger partial charge in [0.25, 0.3) is 0 Å². The van der Waals surface area contributed by atoms with Crippen molar-refractivity contribution in [1.29, 1.82) is 0 Å². The predicted octanol–water partition coefficient (Wildman–Crippen LogP) is 6.02. The summed E-state index contributed by atoms with van der Waals surface area (Å²) in [4.78, 5) is 12.3. The molecule has 0 aliphatic rings. The van der Waals surface area contributed by atoms with Gasteiger partial charge in [-0.2, -0.15) is 13.2 Å². The van der Waals surface area contributed by atoms with Crippen molar-refractivity contribution in [2.75, 3.05) is 17.7 Å². The average molecular weight is 513 g/mol. The fourth-order valence-electron chi connectivity index (χ4n) is 3.22. The molecular formula is C23H24ClF3N4O2S. The van der Waals surface area contributed by atoms with Gasteiger partial charge in [0.1, 0.15) is 11.6 Å². The number of hydrogen-bond donors (Lipinski definition) is 1. The van der Waals surface area contributed by atoms with Gasteiger partial charge in [-0.25, -0.2) is 0 Å². The van der Waals surface area contributed by atoms with E-state index in [2.05, 4.69) is 15.5 Å². The largest absolute Gasteiger partial charge is 0.493 e. The third-order valence-corrected chi connectivity index (χ3v) is 6.06. The maximum Gasteiger partial charge on any atom is 0.416 e. The number of benzene rings is 2. The van der Waals surface area contributed by atoms with Crippen LogP contribution in [0.4, 0.5) is 18.9 Å². The van der Waals surface area contributed by atoms with Gasteiger partial charge >= 0.3 is 6.18 Å². The van der Waals surface area contributed by atoms with Gasteiger partial charge in [-0.05, 0) is 62.2 Å². The standard InChI is InChI=1S/C23H24ClF3N4O2S/c1-3-31-20(8-5-11-33-19-10-9-17(24)12-15(19)2)29-30-22(31)34-14-21(32)28-18-7-4-6-16(13-18)23(25,26)27/h4,6-7,9-10,12-13H,3,5,8,11,14H2,1-2H3,(H,28,32). The summed E-state index contributed by atoms with van der Waals surface area (Å²) in [5.74, 6) is 1.13. The molecule has 182 valence electrons. The number of anilines is 1. The molecule has 0 aliphatic carbocycles. The maximum absolute atomic E-state index is 12.8. The second kappa shape index (κ2) is 11.6. The van der Waals surface area contributed by atoms with E-state index in [-0.39, 0.29) is 11.4 Å². The molecule has 2 aromatic carbocycles. The molecule has 3 rings (SSSR count). The lowest BCUT2D eigenvalue weighted by Gasteiger charge is -2.11. The molecule has 0 spiro atoms. The van der Waals surface area contributed by atoms with E-state index in [1.807, 2.05) is 30.5 Å². The highest BCUT2D eigenvalue weighted by Crippen LogP contribution is 2.30. The van der Waals surface area contributed by atoms with Gasteiger partial charge in [0, 0.05) is 23.7 Å². The van der Waals surface area contributed by atoms with Crippen LogP contribution < -0.4 is 10.1 Å². The first-order valence-electron chi connectivity index (χ1n) is 10.6. The van der Waals surface area contributed by atoms with E-state index in [4.69, 9.17) is 16.3 Å². The van der Waals surface area contributed by atoms with E-state index in [0.29, 0.717) is 29.8 Å². The van der Waals surface area contributed by atoms with Gasteiger partial charge in [0.15, 0.2) is 5.16 Å². The van der Waals surface area contributed by atoms with Crippen molar-refractivity contribution >= 4 is 35.0 Å². The normalized spacial score (nSPS) is 11.5. The molecule has 0 bridgehead atoms. The molecule has 3 aromatic rings. The summed E-state index contributed by atoms with van der Waals surface area (Å²) >= 11 is 7.14. The minimum atomic E-state index is -4.47. The zero-order valence-corrected chi connectivity index (χ0v) is 20.2. The molecule has 0 atom stereocenters. The lowest BCUT2D eigenvalue weighted by atomic mass is 10.2. The number of rotatable bonds is 10. The van der Waals surface area contributed by atoms with Crippen LogP contribution in [0, 0.1) is 6.92 Å². The Morgan fingerprint density at radius 2 is 2.00 bits per heavy atom. The van der Waals surface area contributed by atoms with Crippen molar-refractivity contribution in [3.8, 4) is 5.75 Å². The van der Waals surface area contributed by atoms with Crippen LogP contribution in [0.15, 0.2) is 47.6 Å². The first-order valence-corrected chi connectivity index (χ1v) is 11.9. The van der Waals surface area contributed by atoms with Crippen LogP contribution in [0.25, 0.3) is 0 Å². The Balaban J connectivity index is 1.50. The van der Waals surface area contributed by atoms with Crippen molar-refractivity contribution < 1.29 is 22.7 Å². The van der Waals surface area contributed by atoms with Gasteiger partial charge in [-0.3, -0.25) is 4.79 Å². The number of carbonyl (C=O) groups excluding carboxylic acids is 1. The zero-order chi connectivity index (χ0) is 24.7. The molecule has 0 radical (unpaired) electrons. The summed E-state index contributed by atoms with van der Waals surface area (Å²) in [6, 6.07) is 9.99. The van der Waals surface area contributed by atoms with Crippen molar-refractivity contribution in [3.63, 3.8) is 0 Å². The van der Waals surface area contributed by atoms with E-state index in [9.17, 15) is 18.0 Å². The van der Waals surface area contributed by atoms with E-state index in [1.165, 1.54) is 23.9 Å². The lowest BCUT2D eigenvalue weighted by molar-refractivity contribution is -0.137. The number of halogens is 4. The molecule has 0 saturated heterocycles. The molecule has 0 saturated carbocycles. The smallest absolute Gasteiger partial charge is 0.416 e. The fourth-order valence-corrected chi connectivity index (χ4v) is 4.26. The van der Waals surface area contributed by atoms with E-state index in [1.54, 1.807) is 6.07 Å². The summed E-state index contributed by atoms with van der Waals surface area (Å²) in [7, 11) is 0. The van der Waals surface area contributed by atoms with Gasteiger partial charge in [-0.1, -0.05) is 29.4 Å². The van der Waals surface area contributed by atoms with Gasteiger partial charge in [-0.15, -0.1) is 10.2 Å². The van der Waals surface area contributed by atoms with E-state index >= 15 is 0 Å². The number of hydrogen-bond acceptors (Lipinski definition) is 5. The minimum Gasteiger partial charge on any atom is -0.493 e. The minimum absolute atomic E-state index is 0.00661. The van der Waals surface area contributed by atoms with Crippen molar-refractivity contribution in [1.82, 2.24) is 14.8 Å². The predicted molar refractivity (Wildman–Crippen MR) is 126 cm³/mol. The number of nitrogens with zero attached hydrogens (tertiary/aromatic N) is 3. The molecule has 1 heterocycles. The molecule has 1 amide bonds. The van der Waals surface area contributed by atoms with Crippen LogP contribution in [0.5, 0.6) is 5.75 Å². The Morgan fingerprint density at radius 1 is 1.21 bits per heavy atom. The molecule has 0 aliphatic heterocycles. The first-order chi connectivity index (χ1) is 16.2. The Bertz CT molecular complexity index is 1140. The van der Waals surface area contributed by atoms with Crippen LogP contribution in [-0.2, 0) is 23.9 Å². The Morgan fingerprint density at radius 3 is 2.71 bits per heavy atom. The van der Waals surface area contributed by atoms with Crippen LogP contribution in [0.2, 0.25) is 5.02 Å². The molecule has 34 heavy (non-hydrogen) atoms. The van der Waals surface area contributed by atoms with E-state index < -0.39 is 17.6 Å². The highest BCUT2D eigenvalue weighted by atomic mass is 35.5. The SMILES string of the molecule is CCn1c(CCCOc2ccc(Cl)cc2C)nnc1SCC(=O)Nc1cccc(C(F)(F)F)c1. The number of carbonyl (C=O) groups is 1. The summed E-state index contributed by atoms with van der Waals surface area (Å²) in [6.07, 6.45) is -3.10. The summed E-state index contributed by atoms with van der Waals surface area (Å²) in [5, 5.41) is 12.1. The number of aromatic nitrogens is 3. The zero-order valence-electron chi connectivity index (χ0n) is 18.7. The highest BCUT2D eigenvalue weighted by Gasteiger charge is 2.30. The second-order valence-corrected chi connectivity index (χ2v) is 8.80. The van der Waals surface area contributed by atoms with E-state index in [0.717, 1.165) is 35.7 Å². The summed E-state index contributed by atoms with van der Waals surface area (Å²) in [5.41, 5.74) is 0.240. The topological polar surface area (TPSA) is 69.0 Å². The van der Waals surface area contributed by atoms with Gasteiger partial charge in [0.2, 0.25) is 5.91 Å². The molecular weight excluding hydrogens is 489 g/mol. The maximum atomic E-state index is 12.8. The quantitative estimate of drug-likeness (QED) is 0.266. The lowest BCUT2D eigenvalue weighted by Crippen LogP contribution is -2.15. The Labute approximate surface area is 204 Å². The Kier molecular flexibility index (Phi) is 8.84. The third-order valence-electron chi connectivity index (χ3n) is 4.85. The monoisotopic (exact) mass is 512 g/mol. The van der Waals surface area contributed by atoms with Gasteiger partial charge < -0.3 is 14.6 Å². The molecule has 0 unspecified atom stereocenters. The number of alkyl halides is 3. The van der Waals surface area contributed by atoms with Crippen LogP contribution >= 0.6 is 23.4 Å². The molecule has 6 nitrogen and oxygen atoms in total. The molecule has 1 aromatic heterocycles. The Hall–Kier alpha value is -2.72. The molecule has 0 fully saturated rings. The third kappa shape index (κ3) is 7.14. The number of aryl methyl sites for hydroxylation is 2. The van der Waals surface area contributed by atoms with Crippen LogP contribution in [0.3, 0.4) is 0 Å². The highest BCUT2D eigenvalue weighted by molar-refractivity contribution is 7.99. The number of thioether (sulfide) groups is 1. The van der Waals surface area contributed by atoms with Gasteiger partial charge in [0.05, 0.1) is 17.9 Å². The fraction of sp³-hybridized carbons (Fsp3) is 0.348. The molecule has 11 heteroatoms. The average Bonchev–Trinajstić information content (AvgIpc) is 3.18. The number of nitrogens with one attached hydrogen (secondary N) is 1. The summed E-state index contributed by atoms with van der Waals surface area (Å²) in [6.45, 7) is 5.01. The number of amides is 1. The first kappa shape index (κ1) is 25.9. The van der Waals surface area contributed by atoms with Crippen molar-refractivity contribution in [3.05, 3.63) is 64.4 Å². The second-order valence-electron chi connectivity index (χ2n) is 7.42. The van der Waals surface area contributed by atoms with Crippen molar-refractivity contribution in [2.24, 2.45) is 0 Å². The van der Waals surface area contributed by atoms with Crippen LogP contribution in [0.1, 0.15) is 30.3 Å². The van der Waals surface area contributed by atoms with Crippen LogP contribution in [-0.4, -0.2) is 33.0 Å².